The van der Waals surface area contributed by atoms with Gasteiger partial charge >= 0.3 is 5.97 Å². The number of nitrogens with zero attached hydrogens (tertiary/aromatic N) is 2. The topological polar surface area (TPSA) is 51.5 Å². The van der Waals surface area contributed by atoms with Crippen LogP contribution in [-0.4, -0.2) is 30.1 Å². The zero-order chi connectivity index (χ0) is 15.4. The van der Waals surface area contributed by atoms with Crippen molar-refractivity contribution >= 4 is 17.6 Å². The number of hydrogen-bond acceptors (Lipinski definition) is 3. The molecule has 2 rings (SSSR count). The molecule has 21 heavy (non-hydrogen) atoms. The standard InChI is InChI=1S/C16H18N2O3/c1-4-21-16(20)14-10-13(11-17(14)2)18(3)15(19)12-8-6-5-7-9-12/h5-11H,4H2,1-3H3. The van der Waals surface area contributed by atoms with Gasteiger partial charge in [-0.1, -0.05) is 18.2 Å². The molecule has 0 saturated heterocycles. The Hall–Kier alpha value is -2.56. The van der Waals surface area contributed by atoms with Crippen LogP contribution in [0.4, 0.5) is 5.69 Å². The normalized spacial score (nSPS) is 10.2. The number of rotatable bonds is 4. The minimum atomic E-state index is -0.396. The van der Waals surface area contributed by atoms with Crippen LogP contribution < -0.4 is 4.90 Å². The van der Waals surface area contributed by atoms with Crippen LogP contribution in [0.2, 0.25) is 0 Å². The molecule has 0 aliphatic heterocycles. The van der Waals surface area contributed by atoms with Gasteiger partial charge in [0.25, 0.3) is 5.91 Å². The Kier molecular flexibility index (Phi) is 4.42. The average molecular weight is 286 g/mol. The number of ether oxygens (including phenoxy) is 1. The van der Waals surface area contributed by atoms with Gasteiger partial charge in [-0.3, -0.25) is 4.79 Å². The second kappa shape index (κ2) is 6.26. The number of aryl methyl sites for hydroxylation is 1. The first-order valence-corrected chi connectivity index (χ1v) is 6.71. The SMILES string of the molecule is CCOC(=O)c1cc(N(C)C(=O)c2ccccc2)cn1C. The van der Waals surface area contributed by atoms with Gasteiger partial charge in [-0.2, -0.15) is 0 Å². The van der Waals surface area contributed by atoms with Gasteiger partial charge in [-0.15, -0.1) is 0 Å². The van der Waals surface area contributed by atoms with E-state index in [4.69, 9.17) is 4.74 Å². The molecule has 1 aromatic carbocycles. The lowest BCUT2D eigenvalue weighted by atomic mass is 10.2. The zero-order valence-electron chi connectivity index (χ0n) is 12.4. The lowest BCUT2D eigenvalue weighted by molar-refractivity contribution is 0.0515. The van der Waals surface area contributed by atoms with Crippen LogP contribution in [0, 0.1) is 0 Å². The number of carbonyl (C=O) groups is 2. The highest BCUT2D eigenvalue weighted by atomic mass is 16.5. The highest BCUT2D eigenvalue weighted by Crippen LogP contribution is 2.19. The van der Waals surface area contributed by atoms with Crippen molar-refractivity contribution < 1.29 is 14.3 Å². The molecule has 0 saturated carbocycles. The molecule has 2 aromatic rings. The molecule has 1 amide bonds. The van der Waals surface area contributed by atoms with E-state index in [1.165, 1.54) is 4.90 Å². The molecule has 0 fully saturated rings. The number of esters is 1. The van der Waals surface area contributed by atoms with Crippen molar-refractivity contribution in [3.05, 3.63) is 53.9 Å². The Morgan fingerprint density at radius 1 is 1.24 bits per heavy atom. The van der Waals surface area contributed by atoms with Crippen molar-refractivity contribution in [1.29, 1.82) is 0 Å². The first kappa shape index (κ1) is 14.8. The predicted molar refractivity (Wildman–Crippen MR) is 80.5 cm³/mol. The summed E-state index contributed by atoms with van der Waals surface area (Å²) in [6.45, 7) is 2.07. The Balaban J connectivity index is 2.24. The fourth-order valence-electron chi connectivity index (χ4n) is 2.03. The summed E-state index contributed by atoms with van der Waals surface area (Å²) in [6, 6.07) is 10.7. The maximum Gasteiger partial charge on any atom is 0.355 e. The maximum absolute atomic E-state index is 12.4. The van der Waals surface area contributed by atoms with Gasteiger partial charge in [0.05, 0.1) is 12.3 Å². The zero-order valence-corrected chi connectivity index (χ0v) is 12.4. The molecule has 0 N–H and O–H groups in total. The third-order valence-corrected chi connectivity index (χ3v) is 3.19. The Bertz CT molecular complexity index is 647. The first-order valence-electron chi connectivity index (χ1n) is 6.71. The van der Waals surface area contributed by atoms with E-state index < -0.39 is 5.97 Å². The summed E-state index contributed by atoms with van der Waals surface area (Å²) in [5.41, 5.74) is 1.66. The number of aromatic nitrogens is 1. The van der Waals surface area contributed by atoms with Gasteiger partial charge in [-0.25, -0.2) is 4.79 Å². The van der Waals surface area contributed by atoms with Gasteiger partial charge in [0.1, 0.15) is 5.69 Å². The molecular weight excluding hydrogens is 268 g/mol. The summed E-state index contributed by atoms with van der Waals surface area (Å²) in [6.07, 6.45) is 1.73. The molecule has 5 heteroatoms. The molecule has 1 heterocycles. The summed E-state index contributed by atoms with van der Waals surface area (Å²) < 4.78 is 6.64. The predicted octanol–water partition coefficient (Wildman–Crippen LogP) is 2.48. The van der Waals surface area contributed by atoms with E-state index in [0.717, 1.165) is 0 Å². The lowest BCUT2D eigenvalue weighted by Crippen LogP contribution is -2.25. The Morgan fingerprint density at radius 3 is 2.52 bits per heavy atom. The molecule has 0 atom stereocenters. The Labute approximate surface area is 123 Å². The van der Waals surface area contributed by atoms with Crippen LogP contribution in [-0.2, 0) is 11.8 Å². The monoisotopic (exact) mass is 286 g/mol. The molecule has 0 unspecified atom stereocenters. The quantitative estimate of drug-likeness (QED) is 0.811. The Morgan fingerprint density at radius 2 is 1.90 bits per heavy atom. The average Bonchev–Trinajstić information content (AvgIpc) is 2.89. The minimum Gasteiger partial charge on any atom is -0.461 e. The number of amides is 1. The number of benzene rings is 1. The lowest BCUT2D eigenvalue weighted by Gasteiger charge is -2.15. The van der Waals surface area contributed by atoms with E-state index in [0.29, 0.717) is 23.6 Å². The van der Waals surface area contributed by atoms with Crippen molar-refractivity contribution in [3.63, 3.8) is 0 Å². The number of carbonyl (C=O) groups excluding carboxylic acids is 2. The van der Waals surface area contributed by atoms with Gasteiger partial charge < -0.3 is 14.2 Å². The highest BCUT2D eigenvalue weighted by molar-refractivity contribution is 6.06. The molecule has 0 radical (unpaired) electrons. The molecule has 0 aliphatic carbocycles. The molecule has 0 spiro atoms. The van der Waals surface area contributed by atoms with Crippen molar-refractivity contribution in [2.75, 3.05) is 18.6 Å². The van der Waals surface area contributed by atoms with Gasteiger partial charge in [-0.05, 0) is 25.1 Å². The van der Waals surface area contributed by atoms with Crippen LogP contribution >= 0.6 is 0 Å². The van der Waals surface area contributed by atoms with Crippen molar-refractivity contribution in [3.8, 4) is 0 Å². The van der Waals surface area contributed by atoms with Gasteiger partial charge in [0, 0.05) is 25.9 Å². The van der Waals surface area contributed by atoms with Gasteiger partial charge in [0.2, 0.25) is 0 Å². The molecule has 0 bridgehead atoms. The smallest absolute Gasteiger partial charge is 0.355 e. The van der Waals surface area contributed by atoms with Crippen LogP contribution in [0.15, 0.2) is 42.6 Å². The van der Waals surface area contributed by atoms with E-state index in [1.54, 1.807) is 50.0 Å². The molecular formula is C16H18N2O3. The molecule has 5 nitrogen and oxygen atoms in total. The van der Waals surface area contributed by atoms with E-state index >= 15 is 0 Å². The molecule has 110 valence electrons. The van der Waals surface area contributed by atoms with Crippen molar-refractivity contribution in [2.24, 2.45) is 7.05 Å². The minimum absolute atomic E-state index is 0.128. The third-order valence-electron chi connectivity index (χ3n) is 3.19. The third kappa shape index (κ3) is 3.13. The molecule has 0 aliphatic rings. The summed E-state index contributed by atoms with van der Waals surface area (Å²) >= 11 is 0. The second-order valence-corrected chi connectivity index (χ2v) is 4.65. The van der Waals surface area contributed by atoms with E-state index in [2.05, 4.69) is 0 Å². The largest absolute Gasteiger partial charge is 0.461 e. The van der Waals surface area contributed by atoms with Crippen molar-refractivity contribution in [2.45, 2.75) is 6.92 Å². The fraction of sp³-hybridized carbons (Fsp3) is 0.250. The van der Waals surface area contributed by atoms with Crippen molar-refractivity contribution in [1.82, 2.24) is 4.57 Å². The van der Waals surface area contributed by atoms with Gasteiger partial charge in [0.15, 0.2) is 0 Å². The number of hydrogen-bond donors (Lipinski definition) is 0. The summed E-state index contributed by atoms with van der Waals surface area (Å²) in [5.74, 6) is -0.525. The summed E-state index contributed by atoms with van der Waals surface area (Å²) in [5, 5.41) is 0. The highest BCUT2D eigenvalue weighted by Gasteiger charge is 2.18. The fourth-order valence-corrected chi connectivity index (χ4v) is 2.03. The first-order chi connectivity index (χ1) is 10.0. The summed E-state index contributed by atoms with van der Waals surface area (Å²) in [7, 11) is 3.43. The van der Waals surface area contributed by atoms with E-state index in [-0.39, 0.29) is 5.91 Å². The number of anilines is 1. The van der Waals surface area contributed by atoms with Crippen LogP contribution in [0.25, 0.3) is 0 Å². The van der Waals surface area contributed by atoms with Crippen LogP contribution in [0.3, 0.4) is 0 Å². The second-order valence-electron chi connectivity index (χ2n) is 4.65. The van der Waals surface area contributed by atoms with Crippen LogP contribution in [0.5, 0.6) is 0 Å². The van der Waals surface area contributed by atoms with E-state index in [9.17, 15) is 9.59 Å². The van der Waals surface area contributed by atoms with E-state index in [1.807, 2.05) is 18.2 Å². The summed E-state index contributed by atoms with van der Waals surface area (Å²) in [4.78, 5) is 25.7. The molecule has 1 aromatic heterocycles. The van der Waals surface area contributed by atoms with Crippen LogP contribution in [0.1, 0.15) is 27.8 Å². The maximum atomic E-state index is 12.4.